The van der Waals surface area contributed by atoms with Crippen LogP contribution in [0.1, 0.15) is 42.3 Å². The van der Waals surface area contributed by atoms with Gasteiger partial charge in [0.1, 0.15) is 5.75 Å². The summed E-state index contributed by atoms with van der Waals surface area (Å²) < 4.78 is 31.8. The molecule has 2 aromatic rings. The predicted octanol–water partition coefficient (Wildman–Crippen LogP) is 3.48. The van der Waals surface area contributed by atoms with Gasteiger partial charge in [-0.2, -0.15) is 4.31 Å². The van der Waals surface area contributed by atoms with Gasteiger partial charge in [0.2, 0.25) is 15.9 Å². The number of sulfonamides is 1. The molecule has 9 heteroatoms. The number of carbonyl (C=O) groups is 2. The lowest BCUT2D eigenvalue weighted by molar-refractivity contribution is -0.118. The van der Waals surface area contributed by atoms with Crippen LogP contribution < -0.4 is 10.1 Å². The number of rotatable bonds is 12. The molecule has 0 radical (unpaired) electrons. The molecule has 174 valence electrons. The van der Waals surface area contributed by atoms with Crippen LogP contribution in [-0.4, -0.2) is 50.4 Å². The lowest BCUT2D eigenvalue weighted by Crippen LogP contribution is -2.30. The summed E-state index contributed by atoms with van der Waals surface area (Å²) >= 11 is 1.43. The molecule has 0 unspecified atom stereocenters. The van der Waals surface area contributed by atoms with E-state index in [4.69, 9.17) is 4.74 Å². The number of thioether (sulfide) groups is 1. The van der Waals surface area contributed by atoms with Crippen LogP contribution in [0.3, 0.4) is 0 Å². The summed E-state index contributed by atoms with van der Waals surface area (Å²) in [6, 6.07) is 11.8. The molecule has 1 amide bonds. The lowest BCUT2D eigenvalue weighted by Gasteiger charge is -2.18. The van der Waals surface area contributed by atoms with Gasteiger partial charge in [-0.1, -0.05) is 26.0 Å². The summed E-state index contributed by atoms with van der Waals surface area (Å²) in [6.45, 7) is 6.27. The molecule has 0 atom stereocenters. The summed E-state index contributed by atoms with van der Waals surface area (Å²) in [7, 11) is -1.92. The van der Waals surface area contributed by atoms with Crippen LogP contribution >= 0.6 is 11.8 Å². The molecule has 0 aliphatic carbocycles. The largest absolute Gasteiger partial charge is 0.496 e. The molecule has 0 aliphatic heterocycles. The van der Waals surface area contributed by atoms with Crippen LogP contribution in [0.15, 0.2) is 47.4 Å². The molecule has 0 aliphatic rings. The molecule has 32 heavy (non-hydrogen) atoms. The van der Waals surface area contributed by atoms with Crippen molar-refractivity contribution in [2.75, 3.05) is 26.0 Å². The number of hydrogen-bond acceptors (Lipinski definition) is 6. The van der Waals surface area contributed by atoms with E-state index in [0.29, 0.717) is 36.7 Å². The average molecular weight is 479 g/mol. The predicted molar refractivity (Wildman–Crippen MR) is 128 cm³/mol. The molecule has 2 aromatic carbocycles. The van der Waals surface area contributed by atoms with Gasteiger partial charge in [0.05, 0.1) is 17.8 Å². The number of carbonyl (C=O) groups excluding carboxylic acids is 2. The molecule has 0 saturated carbocycles. The fraction of sp³-hybridized carbons (Fsp3) is 0.391. The first-order valence-corrected chi connectivity index (χ1v) is 12.9. The van der Waals surface area contributed by atoms with Gasteiger partial charge in [0.15, 0.2) is 5.78 Å². The molecule has 0 saturated heterocycles. The summed E-state index contributed by atoms with van der Waals surface area (Å²) in [5, 5.41) is 2.84. The summed E-state index contributed by atoms with van der Waals surface area (Å²) in [5.41, 5.74) is 2.29. The third kappa shape index (κ3) is 6.82. The highest BCUT2D eigenvalue weighted by Gasteiger charge is 2.21. The number of Topliss-reactive ketones (excluding diaryl/α,β-unsaturated/α-hetero) is 1. The molecular weight excluding hydrogens is 448 g/mol. The minimum absolute atomic E-state index is 0.0208. The van der Waals surface area contributed by atoms with Gasteiger partial charge in [0.25, 0.3) is 0 Å². The molecule has 0 spiro atoms. The van der Waals surface area contributed by atoms with E-state index in [-0.39, 0.29) is 22.3 Å². The summed E-state index contributed by atoms with van der Waals surface area (Å²) in [6.07, 6.45) is 0. The van der Waals surface area contributed by atoms with Crippen molar-refractivity contribution < 1.29 is 22.7 Å². The van der Waals surface area contributed by atoms with Gasteiger partial charge in [-0.25, -0.2) is 8.42 Å². The Labute approximate surface area is 194 Å². The number of ketones is 1. The monoisotopic (exact) mass is 478 g/mol. The summed E-state index contributed by atoms with van der Waals surface area (Å²) in [4.78, 5) is 24.0. The third-order valence-electron chi connectivity index (χ3n) is 4.93. The average Bonchev–Trinajstić information content (AvgIpc) is 2.78. The Morgan fingerprint density at radius 1 is 1.06 bits per heavy atom. The van der Waals surface area contributed by atoms with Crippen molar-refractivity contribution in [2.24, 2.45) is 0 Å². The number of ether oxygens (including phenoxy) is 1. The van der Waals surface area contributed by atoms with Gasteiger partial charge < -0.3 is 10.1 Å². The van der Waals surface area contributed by atoms with Crippen molar-refractivity contribution in [1.29, 1.82) is 0 Å². The van der Waals surface area contributed by atoms with E-state index in [0.717, 1.165) is 11.1 Å². The number of nitrogens with zero attached hydrogens (tertiary/aromatic N) is 1. The zero-order valence-corrected chi connectivity index (χ0v) is 20.5. The quantitative estimate of drug-likeness (QED) is 0.470. The molecule has 0 heterocycles. The highest BCUT2D eigenvalue weighted by molar-refractivity contribution is 7.99. The Morgan fingerprint density at radius 2 is 1.72 bits per heavy atom. The van der Waals surface area contributed by atoms with E-state index in [1.165, 1.54) is 23.0 Å². The standard InChI is InChI=1S/C23H30N2O5S2/c1-5-25(6-2)32(28,29)21-10-7-18(8-11-21)14-24-23(27)16-31-15-20-13-19(17(3)26)9-12-22(20)30-4/h7-13H,5-6,14-16H2,1-4H3,(H,24,27). The highest BCUT2D eigenvalue weighted by atomic mass is 32.2. The second kappa shape index (κ2) is 12.0. The van der Waals surface area contributed by atoms with Crippen LogP contribution in [0.25, 0.3) is 0 Å². The van der Waals surface area contributed by atoms with Crippen LogP contribution in [0, 0.1) is 0 Å². The first-order valence-electron chi connectivity index (χ1n) is 10.3. The van der Waals surface area contributed by atoms with Crippen LogP contribution in [0.4, 0.5) is 0 Å². The SMILES string of the molecule is CCN(CC)S(=O)(=O)c1ccc(CNC(=O)CSCc2cc(C(C)=O)ccc2OC)cc1. The first-order chi connectivity index (χ1) is 15.2. The molecule has 2 rings (SSSR count). The van der Waals surface area contributed by atoms with Crippen molar-refractivity contribution in [2.45, 2.75) is 38.0 Å². The van der Waals surface area contributed by atoms with Crippen molar-refractivity contribution in [3.63, 3.8) is 0 Å². The maximum atomic E-state index is 12.5. The molecule has 7 nitrogen and oxygen atoms in total. The minimum Gasteiger partial charge on any atom is -0.496 e. The number of benzene rings is 2. The third-order valence-corrected chi connectivity index (χ3v) is 7.98. The zero-order valence-electron chi connectivity index (χ0n) is 18.9. The van der Waals surface area contributed by atoms with Gasteiger partial charge >= 0.3 is 0 Å². The first kappa shape index (κ1) is 25.9. The Morgan fingerprint density at radius 3 is 2.28 bits per heavy atom. The molecule has 0 aromatic heterocycles. The Bertz CT molecular complexity index is 1030. The second-order valence-corrected chi connectivity index (χ2v) is 10.0. The molecule has 1 N–H and O–H groups in total. The van der Waals surface area contributed by atoms with E-state index in [9.17, 15) is 18.0 Å². The van der Waals surface area contributed by atoms with Crippen LogP contribution in [0.5, 0.6) is 5.75 Å². The van der Waals surface area contributed by atoms with Crippen molar-refractivity contribution in [1.82, 2.24) is 9.62 Å². The fourth-order valence-corrected chi connectivity index (χ4v) is 5.40. The molecular formula is C23H30N2O5S2. The van der Waals surface area contributed by atoms with E-state index < -0.39 is 10.0 Å². The lowest BCUT2D eigenvalue weighted by atomic mass is 10.1. The van der Waals surface area contributed by atoms with Gasteiger partial charge in [-0.15, -0.1) is 11.8 Å². The number of hydrogen-bond donors (Lipinski definition) is 1. The zero-order chi connectivity index (χ0) is 23.7. The molecule has 0 bridgehead atoms. The summed E-state index contributed by atoms with van der Waals surface area (Å²) in [5.74, 6) is 1.32. The normalized spacial score (nSPS) is 11.4. The number of nitrogens with one attached hydrogen (secondary N) is 1. The van der Waals surface area contributed by atoms with Gasteiger partial charge in [0, 0.05) is 36.5 Å². The number of amides is 1. The van der Waals surface area contributed by atoms with Crippen molar-refractivity contribution in [3.8, 4) is 5.75 Å². The van der Waals surface area contributed by atoms with E-state index in [2.05, 4.69) is 5.32 Å². The van der Waals surface area contributed by atoms with Gasteiger partial charge in [-0.3, -0.25) is 9.59 Å². The minimum atomic E-state index is -3.49. The maximum Gasteiger partial charge on any atom is 0.243 e. The second-order valence-electron chi connectivity index (χ2n) is 7.09. The smallest absolute Gasteiger partial charge is 0.243 e. The van der Waals surface area contributed by atoms with Gasteiger partial charge in [-0.05, 0) is 42.8 Å². The highest BCUT2D eigenvalue weighted by Crippen LogP contribution is 2.25. The van der Waals surface area contributed by atoms with Crippen molar-refractivity contribution in [3.05, 3.63) is 59.2 Å². The Hall–Kier alpha value is -2.36. The Kier molecular flexibility index (Phi) is 9.74. The van der Waals surface area contributed by atoms with E-state index in [1.807, 2.05) is 0 Å². The van der Waals surface area contributed by atoms with Crippen molar-refractivity contribution >= 4 is 33.5 Å². The fourth-order valence-electron chi connectivity index (χ4n) is 3.11. The topological polar surface area (TPSA) is 92.8 Å². The maximum absolute atomic E-state index is 12.5. The number of methoxy groups -OCH3 is 1. The van der Waals surface area contributed by atoms with E-state index in [1.54, 1.807) is 63.4 Å². The van der Waals surface area contributed by atoms with Crippen LogP contribution in [0.2, 0.25) is 0 Å². The Balaban J connectivity index is 1.88. The van der Waals surface area contributed by atoms with Crippen LogP contribution in [-0.2, 0) is 27.1 Å². The van der Waals surface area contributed by atoms with E-state index >= 15 is 0 Å². The molecule has 0 fully saturated rings.